The largest absolute Gasteiger partial charge is 0.268 e. The van der Waals surface area contributed by atoms with Crippen LogP contribution in [0.5, 0.6) is 5.75 Å². The minimum absolute atomic E-state index is 0.0274. The normalized spacial score (nSPS) is 13.4. The number of aryl methyl sites for hydroxylation is 1. The number of unbranched alkanes of at least 4 members (excludes halogenated alkanes) is 5. The predicted octanol–water partition coefficient (Wildman–Crippen LogP) is 3.95. The summed E-state index contributed by atoms with van der Waals surface area (Å²) in [6.07, 6.45) is 8.92. The Morgan fingerprint density at radius 3 is 2.37 bits per heavy atom. The summed E-state index contributed by atoms with van der Waals surface area (Å²) in [4.78, 5) is 55.2. The van der Waals surface area contributed by atoms with Gasteiger partial charge in [-0.2, -0.15) is 0 Å². The Hall–Kier alpha value is -5.31. The smallest absolute Gasteiger partial charge is 0.264 e. The Morgan fingerprint density at radius 1 is 0.930 bits per heavy atom. The van der Waals surface area contributed by atoms with E-state index in [1.54, 1.807) is 25.1 Å². The van der Waals surface area contributed by atoms with Gasteiger partial charge in [0.05, 0.1) is 16.9 Å². The van der Waals surface area contributed by atoms with Crippen LogP contribution in [0, 0.1) is 6.92 Å². The minimum atomic E-state index is -0.733. The molecule has 0 saturated heterocycles. The number of nitrogens with one attached hydrogen (secondary N) is 2. The summed E-state index contributed by atoms with van der Waals surface area (Å²) in [5.41, 5.74) is 10.3. The molecule has 1 unspecified atom stereocenters. The fourth-order valence-corrected chi connectivity index (χ4v) is 8.19. The van der Waals surface area contributed by atoms with E-state index in [-0.39, 0.29) is 41.6 Å². The summed E-state index contributed by atoms with van der Waals surface area (Å²) in [5.74, 6) is 1.19. The van der Waals surface area contributed by atoms with Crippen molar-refractivity contribution in [1.29, 1.82) is 0 Å². The van der Waals surface area contributed by atoms with Crippen LogP contribution >= 0.6 is 0 Å². The summed E-state index contributed by atoms with van der Waals surface area (Å²) in [5, 5.41) is 17.2. The van der Waals surface area contributed by atoms with E-state index in [2.05, 4.69) is 18.8 Å². The number of ether oxygens (including phenoxy) is 1. The topological polar surface area (TPSA) is 178 Å². The van der Waals surface area contributed by atoms with E-state index in [9.17, 15) is 24.3 Å². The number of Topliss-reactive ketones (excluding diaryl/α,β-unsaturated/α-hetero) is 2. The van der Waals surface area contributed by atoms with Crippen molar-refractivity contribution in [2.24, 2.45) is 8.94 Å². The van der Waals surface area contributed by atoms with Gasteiger partial charge in [-0.25, -0.2) is 4.98 Å². The van der Waals surface area contributed by atoms with Crippen LogP contribution in [0.25, 0.3) is 16.5 Å². The SMILES string of the molecule is CC(=O)CCC(C(C)=O)n1c(C)nc2cccc(NCCCCCCCCNC(=O)c3ccc(CCOC4=CC(c5ccccc5O)=C[I-]N=C4N)cc3)c2c1=O. The average Bonchev–Trinajstić information content (AvgIpc) is 3.37. The van der Waals surface area contributed by atoms with Crippen LogP contribution in [0.1, 0.15) is 98.6 Å². The number of nitrogens with zero attached hydrogens (tertiary/aromatic N) is 3. The number of carbonyl (C=O) groups excluding carboxylic acids is 3. The number of halogens is 1. The molecule has 0 spiro atoms. The fourth-order valence-electron chi connectivity index (χ4n) is 6.70. The van der Waals surface area contributed by atoms with E-state index in [1.165, 1.54) is 18.4 Å². The summed E-state index contributed by atoms with van der Waals surface area (Å²) in [7, 11) is 0. The van der Waals surface area contributed by atoms with Crippen molar-refractivity contribution in [2.45, 2.75) is 84.6 Å². The molecule has 302 valence electrons. The quantitative estimate of drug-likeness (QED) is 0.0713. The number of phenolic OH excluding ortho intramolecular Hbond substituents is 1. The third kappa shape index (κ3) is 12.1. The monoisotopic (exact) mass is 887 g/mol. The van der Waals surface area contributed by atoms with E-state index in [0.717, 1.165) is 49.7 Å². The molecule has 12 nitrogen and oxygen atoms in total. The van der Waals surface area contributed by atoms with E-state index in [1.807, 2.05) is 58.7 Å². The number of ketones is 2. The summed E-state index contributed by atoms with van der Waals surface area (Å²) >= 11 is -0.664. The Kier molecular flexibility index (Phi) is 16.0. The van der Waals surface area contributed by atoms with Crippen LogP contribution in [0.4, 0.5) is 5.69 Å². The number of hydrogen-bond donors (Lipinski definition) is 4. The number of nitrogens with two attached hydrogens (primary N) is 1. The maximum atomic E-state index is 13.7. The molecule has 5 rings (SSSR count). The first-order valence-electron chi connectivity index (χ1n) is 19.5. The number of amidine groups is 1. The Morgan fingerprint density at radius 2 is 1.65 bits per heavy atom. The molecule has 0 aliphatic carbocycles. The molecular formula is C44H52IN6O6-. The van der Waals surface area contributed by atoms with Gasteiger partial charge in [-0.05, 0) is 52.2 Å². The third-order valence-electron chi connectivity index (χ3n) is 9.79. The van der Waals surface area contributed by atoms with Crippen LogP contribution < -0.4 is 43.4 Å². The van der Waals surface area contributed by atoms with Crippen molar-refractivity contribution in [3.8, 4) is 5.75 Å². The molecule has 1 amide bonds. The van der Waals surface area contributed by atoms with E-state index < -0.39 is 27.5 Å². The van der Waals surface area contributed by atoms with Crippen molar-refractivity contribution in [2.75, 3.05) is 25.0 Å². The first kappa shape index (κ1) is 42.8. The second kappa shape index (κ2) is 21.3. The second-order valence-corrected chi connectivity index (χ2v) is 15.8. The number of carbonyl (C=O) groups is 3. The molecule has 1 aromatic heterocycles. The zero-order valence-corrected chi connectivity index (χ0v) is 35.0. The molecule has 57 heavy (non-hydrogen) atoms. The number of benzene rings is 3. The number of amides is 1. The average molecular weight is 888 g/mol. The van der Waals surface area contributed by atoms with Gasteiger partial charge in [0.15, 0.2) is 5.78 Å². The zero-order valence-electron chi connectivity index (χ0n) is 32.9. The van der Waals surface area contributed by atoms with Crippen LogP contribution in [0.3, 0.4) is 0 Å². The number of allylic oxidation sites excluding steroid dienone is 2. The van der Waals surface area contributed by atoms with E-state index >= 15 is 0 Å². The molecule has 3 aromatic carbocycles. The number of aromatic nitrogens is 2. The van der Waals surface area contributed by atoms with Crippen LogP contribution in [-0.2, 0) is 20.7 Å². The first-order chi connectivity index (χ1) is 27.5. The van der Waals surface area contributed by atoms with Crippen molar-refractivity contribution in [1.82, 2.24) is 14.9 Å². The van der Waals surface area contributed by atoms with Gasteiger partial charge in [0, 0.05) is 25.2 Å². The van der Waals surface area contributed by atoms with Crippen molar-refractivity contribution in [3.05, 3.63) is 116 Å². The van der Waals surface area contributed by atoms with Gasteiger partial charge in [-0.1, -0.05) is 31.7 Å². The van der Waals surface area contributed by atoms with Crippen molar-refractivity contribution < 1.29 is 45.7 Å². The van der Waals surface area contributed by atoms with Crippen LogP contribution in [-0.4, -0.2) is 57.7 Å². The molecule has 0 radical (unpaired) electrons. The molecule has 0 bridgehead atoms. The molecular weight excluding hydrogens is 835 g/mol. The molecule has 1 atom stereocenters. The maximum absolute atomic E-state index is 13.7. The Labute approximate surface area is 344 Å². The van der Waals surface area contributed by atoms with E-state index in [4.69, 9.17) is 10.5 Å². The summed E-state index contributed by atoms with van der Waals surface area (Å²) < 4.78 is 13.9. The number of rotatable bonds is 21. The molecule has 13 heteroatoms. The van der Waals surface area contributed by atoms with Crippen molar-refractivity contribution >= 4 is 45.5 Å². The van der Waals surface area contributed by atoms with Gasteiger partial charge in [0.1, 0.15) is 11.6 Å². The molecule has 0 fully saturated rings. The number of fused-ring (bicyclic) bond motifs is 1. The minimum Gasteiger partial charge on any atom is -0.268 e. The molecule has 1 aliphatic rings. The summed E-state index contributed by atoms with van der Waals surface area (Å²) in [6, 6.07) is 19.5. The third-order valence-corrected chi connectivity index (χ3v) is 11.5. The second-order valence-electron chi connectivity index (χ2n) is 14.2. The Bertz CT molecular complexity index is 2210. The van der Waals surface area contributed by atoms with Gasteiger partial charge in [-0.15, -0.1) is 0 Å². The molecule has 5 N–H and O–H groups in total. The van der Waals surface area contributed by atoms with Crippen LogP contribution in [0.2, 0.25) is 0 Å². The summed E-state index contributed by atoms with van der Waals surface area (Å²) in [6.45, 7) is 6.33. The molecule has 1 aliphatic heterocycles. The molecule has 0 saturated carbocycles. The zero-order chi connectivity index (χ0) is 40.7. The van der Waals surface area contributed by atoms with Gasteiger partial charge in [0.2, 0.25) is 0 Å². The first-order valence-corrected chi connectivity index (χ1v) is 21.7. The fraction of sp³-hybridized carbons (Fsp3) is 0.364. The molecule has 2 heterocycles. The molecule has 4 aromatic rings. The van der Waals surface area contributed by atoms with Gasteiger partial charge < -0.3 is 10.1 Å². The number of hydrogen-bond acceptors (Lipinski definition) is 10. The number of aromatic hydroxyl groups is 1. The number of anilines is 1. The Balaban J connectivity index is 0.984. The maximum Gasteiger partial charge on any atom is 0.264 e. The van der Waals surface area contributed by atoms with Gasteiger partial charge >= 0.3 is 168 Å². The van der Waals surface area contributed by atoms with E-state index in [0.29, 0.717) is 71.3 Å². The standard InChI is InChI=1S/C44H52IN6O6/c1-29(52)17-22-38(30(2)53)51-31(3)49-37-15-12-14-36(41(37)44(51)56)47-24-10-6-4-5-7-11-25-48-43(55)33-20-18-32(19-21-33)23-26-57-40-27-34(28-45-50-42(40)46)35-13-8-9-16-39(35)54/h8-9,12-16,18-21,27-28,38,47,54H,4-7,10-11,17,22-26H2,1-3H3,(H2,46,50)(H,48,55)/q-1. The van der Waals surface area contributed by atoms with Crippen molar-refractivity contribution in [3.63, 3.8) is 0 Å². The number of phenols is 1. The van der Waals surface area contributed by atoms with Gasteiger partial charge in [-0.3, -0.25) is 14.2 Å². The van der Waals surface area contributed by atoms with Crippen LogP contribution in [0.15, 0.2) is 90.6 Å². The number of para-hydroxylation sites is 1. The predicted molar refractivity (Wildman–Crippen MR) is 221 cm³/mol. The van der Waals surface area contributed by atoms with Gasteiger partial charge in [0.25, 0.3) is 5.56 Å².